The number of hydrogen-bond acceptors (Lipinski definition) is 2. The molecule has 0 fully saturated rings. The Kier molecular flexibility index (Phi) is 5.99. The molecule has 1 unspecified atom stereocenters. The van der Waals surface area contributed by atoms with Crippen molar-refractivity contribution >= 4 is 11.7 Å². The van der Waals surface area contributed by atoms with Gasteiger partial charge in [0.15, 0.2) is 0 Å². The molecular weight excluding hydrogens is 354 g/mol. The lowest BCUT2D eigenvalue weighted by molar-refractivity contribution is -0.390. The normalized spacial score (nSPS) is 15.0. The summed E-state index contributed by atoms with van der Waals surface area (Å²) in [6.07, 6.45) is -6.18. The maximum atomic E-state index is 13.8. The fourth-order valence-corrected chi connectivity index (χ4v) is 2.09. The number of carbonyl (C=O) groups is 1. The van der Waals surface area contributed by atoms with Gasteiger partial charge in [0.05, 0.1) is 0 Å². The molecule has 0 aromatic heterocycles. The van der Waals surface area contributed by atoms with E-state index in [4.69, 9.17) is 5.11 Å². The summed E-state index contributed by atoms with van der Waals surface area (Å²) in [5.74, 6) is -10.9. The van der Waals surface area contributed by atoms with Crippen LogP contribution in [0, 0.1) is 0 Å². The summed E-state index contributed by atoms with van der Waals surface area (Å²) in [5.41, 5.74) is -1.26. The Hall–Kier alpha value is -1.97. The van der Waals surface area contributed by atoms with E-state index < -0.39 is 29.5 Å². The minimum absolute atomic E-state index is 0.120. The highest BCUT2D eigenvalue weighted by Gasteiger charge is 2.71. The van der Waals surface area contributed by atoms with Gasteiger partial charge >= 0.3 is 24.0 Å². The van der Waals surface area contributed by atoms with Crippen molar-refractivity contribution in [2.75, 3.05) is 11.4 Å². The fourth-order valence-electron chi connectivity index (χ4n) is 2.09. The predicted molar refractivity (Wildman–Crippen MR) is 79.1 cm³/mol. The quantitative estimate of drug-likeness (QED) is 0.770. The molecule has 1 atom stereocenters. The Bertz CT molecular complexity index is 599. The van der Waals surface area contributed by atoms with Gasteiger partial charge in [0, 0.05) is 23.8 Å². The Morgan fingerprint density at radius 1 is 1.12 bits per heavy atom. The smallest absolute Gasteiger partial charge is 0.350 e. The topological polar surface area (TPSA) is 52.6 Å². The van der Waals surface area contributed by atoms with Crippen LogP contribution in [0.15, 0.2) is 24.3 Å². The lowest BCUT2D eigenvalue weighted by Crippen LogP contribution is -2.53. The van der Waals surface area contributed by atoms with Gasteiger partial charge in [-0.1, -0.05) is 12.1 Å². The fraction of sp³-hybridized carbons (Fsp3) is 0.533. The number of anilines is 1. The molecule has 0 aliphatic heterocycles. The van der Waals surface area contributed by atoms with Crippen molar-refractivity contribution in [3.8, 4) is 0 Å². The molecule has 2 N–H and O–H groups in total. The van der Waals surface area contributed by atoms with E-state index in [0.717, 1.165) is 12.1 Å². The monoisotopic (exact) mass is 372 g/mol. The number of benzene rings is 1. The molecule has 0 saturated heterocycles. The molecule has 0 saturated carbocycles. The summed E-state index contributed by atoms with van der Waals surface area (Å²) >= 11 is 0. The van der Waals surface area contributed by atoms with Gasteiger partial charge in [0.2, 0.25) is 0 Å². The van der Waals surface area contributed by atoms with Crippen molar-refractivity contribution in [2.45, 2.75) is 44.8 Å². The molecule has 1 rings (SSSR count). The summed E-state index contributed by atoms with van der Waals surface area (Å²) in [4.78, 5) is 13.2. The second kappa shape index (κ2) is 7.11. The maximum absolute atomic E-state index is 13.8. The second-order valence-corrected chi connectivity index (χ2v) is 5.54. The van der Waals surface area contributed by atoms with Gasteiger partial charge in [-0.15, -0.1) is 0 Å². The van der Waals surface area contributed by atoms with E-state index in [0.29, 0.717) is 18.7 Å². The number of urea groups is 1. The minimum Gasteiger partial charge on any atom is -0.350 e. The van der Waals surface area contributed by atoms with Gasteiger partial charge in [-0.05, 0) is 32.9 Å². The minimum atomic E-state index is -6.18. The number of rotatable bonds is 5. The molecule has 25 heavy (non-hydrogen) atoms. The van der Waals surface area contributed by atoms with E-state index in [1.54, 1.807) is 20.8 Å². The lowest BCUT2D eigenvalue weighted by atomic mass is 10.00. The number of nitrogens with zero attached hydrogens (tertiary/aromatic N) is 1. The van der Waals surface area contributed by atoms with Crippen LogP contribution >= 0.6 is 0 Å². The molecule has 0 aliphatic rings. The first-order valence-electron chi connectivity index (χ1n) is 7.30. The summed E-state index contributed by atoms with van der Waals surface area (Å²) in [6, 6.07) is 2.04. The number of nitrogens with one attached hydrogen (secondary N) is 1. The summed E-state index contributed by atoms with van der Waals surface area (Å²) in [5, 5.41) is 11.1. The van der Waals surface area contributed by atoms with Crippen LogP contribution in [0.1, 0.15) is 26.3 Å². The van der Waals surface area contributed by atoms with Crippen LogP contribution in [0.25, 0.3) is 0 Å². The number of alkyl halides is 6. The zero-order valence-electron chi connectivity index (χ0n) is 13.7. The molecule has 0 heterocycles. The molecule has 4 nitrogen and oxygen atoms in total. The maximum Gasteiger partial charge on any atom is 0.455 e. The SMILES string of the molecule is CCNC(=O)N(c1ccc(C(F)(F)C(O)(F)C(F)(F)F)cc1)C(C)C. The third kappa shape index (κ3) is 4.00. The first kappa shape index (κ1) is 21.1. The number of carbonyl (C=O) groups excluding carboxylic acids is 1. The van der Waals surface area contributed by atoms with Crippen molar-refractivity contribution in [3.63, 3.8) is 0 Å². The van der Waals surface area contributed by atoms with Crippen molar-refractivity contribution in [1.82, 2.24) is 5.32 Å². The van der Waals surface area contributed by atoms with Gasteiger partial charge in [0.25, 0.3) is 0 Å². The highest BCUT2D eigenvalue weighted by atomic mass is 19.4. The first-order valence-corrected chi connectivity index (χ1v) is 7.30. The zero-order valence-corrected chi connectivity index (χ0v) is 13.7. The van der Waals surface area contributed by atoms with Crippen molar-refractivity contribution < 1.29 is 36.2 Å². The van der Waals surface area contributed by atoms with Crippen molar-refractivity contribution in [2.24, 2.45) is 0 Å². The summed E-state index contributed by atoms with van der Waals surface area (Å²) in [6.45, 7) is 5.25. The first-order chi connectivity index (χ1) is 11.3. The van der Waals surface area contributed by atoms with Crippen molar-refractivity contribution in [1.29, 1.82) is 0 Å². The second-order valence-electron chi connectivity index (χ2n) is 5.54. The van der Waals surface area contributed by atoms with E-state index in [1.165, 1.54) is 4.90 Å². The van der Waals surface area contributed by atoms with E-state index in [9.17, 15) is 31.1 Å². The zero-order chi connectivity index (χ0) is 19.6. The van der Waals surface area contributed by atoms with Crippen LogP contribution in [0.4, 0.5) is 36.8 Å². The standard InChI is InChI=1S/C15H18F6N2O2/c1-4-22-12(24)23(9(2)3)11-7-5-10(6-8-11)13(16,17)14(18,25)15(19,20)21/h5-9,25H,4H2,1-3H3,(H,22,24). The van der Waals surface area contributed by atoms with Crippen LogP contribution < -0.4 is 10.2 Å². The average molecular weight is 372 g/mol. The molecule has 0 bridgehead atoms. The van der Waals surface area contributed by atoms with Crippen LogP contribution in [-0.4, -0.2) is 35.8 Å². The molecule has 1 aromatic carbocycles. The number of hydrogen-bond donors (Lipinski definition) is 2. The molecule has 10 heteroatoms. The molecule has 1 aromatic rings. The van der Waals surface area contributed by atoms with Crippen molar-refractivity contribution in [3.05, 3.63) is 29.8 Å². The third-order valence-electron chi connectivity index (χ3n) is 3.36. The van der Waals surface area contributed by atoms with E-state index in [2.05, 4.69) is 5.32 Å². The highest BCUT2D eigenvalue weighted by Crippen LogP contribution is 2.49. The van der Waals surface area contributed by atoms with Gasteiger partial charge in [-0.2, -0.15) is 26.3 Å². The summed E-state index contributed by atoms with van der Waals surface area (Å²) in [7, 11) is 0. The Labute approximate surface area is 140 Å². The van der Waals surface area contributed by atoms with Crippen LogP contribution in [-0.2, 0) is 5.92 Å². The van der Waals surface area contributed by atoms with Crippen LogP contribution in [0.3, 0.4) is 0 Å². The highest BCUT2D eigenvalue weighted by molar-refractivity contribution is 5.92. The van der Waals surface area contributed by atoms with E-state index in [-0.39, 0.29) is 11.7 Å². The largest absolute Gasteiger partial charge is 0.455 e. The van der Waals surface area contributed by atoms with E-state index in [1.807, 2.05) is 0 Å². The number of halogens is 6. The van der Waals surface area contributed by atoms with Crippen LogP contribution in [0.5, 0.6) is 0 Å². The molecule has 0 aliphatic carbocycles. The van der Waals surface area contributed by atoms with Gasteiger partial charge in [0.1, 0.15) is 0 Å². The predicted octanol–water partition coefficient (Wildman–Crippen LogP) is 3.94. The molecule has 0 spiro atoms. The Balaban J connectivity index is 3.23. The molecule has 142 valence electrons. The van der Waals surface area contributed by atoms with E-state index >= 15 is 0 Å². The molecule has 2 amide bonds. The van der Waals surface area contributed by atoms with Gasteiger partial charge in [-0.25, -0.2) is 4.79 Å². The molecule has 0 radical (unpaired) electrons. The molecular formula is C15H18F6N2O2. The van der Waals surface area contributed by atoms with Gasteiger partial charge in [-0.3, -0.25) is 4.90 Å². The van der Waals surface area contributed by atoms with Gasteiger partial charge < -0.3 is 10.4 Å². The Morgan fingerprint density at radius 2 is 1.60 bits per heavy atom. The number of amides is 2. The number of aliphatic hydroxyl groups is 1. The van der Waals surface area contributed by atoms with Crippen LogP contribution in [0.2, 0.25) is 0 Å². The lowest BCUT2D eigenvalue weighted by Gasteiger charge is -2.31. The summed E-state index contributed by atoms with van der Waals surface area (Å²) < 4.78 is 77.9. The Morgan fingerprint density at radius 3 is 1.96 bits per heavy atom. The average Bonchev–Trinajstić information content (AvgIpc) is 2.46. The third-order valence-corrected chi connectivity index (χ3v) is 3.36.